The van der Waals surface area contributed by atoms with Gasteiger partial charge in [-0.3, -0.25) is 0 Å². The van der Waals surface area contributed by atoms with Crippen molar-refractivity contribution in [3.63, 3.8) is 0 Å². The first-order valence-electron chi connectivity index (χ1n) is 14.2. The molecule has 3 rings (SSSR count). The van der Waals surface area contributed by atoms with Crippen molar-refractivity contribution >= 4 is 0 Å². The van der Waals surface area contributed by atoms with E-state index in [4.69, 9.17) is 0 Å². The molecule has 3 aliphatic rings. The lowest BCUT2D eigenvalue weighted by molar-refractivity contribution is 0.302. The van der Waals surface area contributed by atoms with Gasteiger partial charge in [0.1, 0.15) is 0 Å². The third-order valence-corrected chi connectivity index (χ3v) is 7.41. The maximum Gasteiger partial charge on any atom is -0.0194 e. The lowest BCUT2D eigenvalue weighted by Crippen LogP contribution is -2.13. The molecule has 0 aromatic carbocycles. The Balaban J connectivity index is 0. The fourth-order valence-electron chi connectivity index (χ4n) is 5.13. The standard InChI is InChI=1S/C23H40.C6H10.C2H6.2H2O/c1-5-7-8-11-21(22-14-13-18(3)15-22)12-9-10-20(6-2)17-23-16-19(23)4;1-2-4-6-5-3-1;1-2;;/h13-14,17-22H,5-12,15-16H2,1-4H3;1-2H,3-6H2;1-2H3;2*1H2. The fraction of sp³-hybridized carbons (Fsp3) is 0.806. The summed E-state index contributed by atoms with van der Waals surface area (Å²) in [5, 5.41) is 0. The van der Waals surface area contributed by atoms with Crippen LogP contribution in [0, 0.1) is 29.6 Å². The van der Waals surface area contributed by atoms with E-state index in [1.54, 1.807) is 5.57 Å². The number of hydrogen-bond donors (Lipinski definition) is 0. The molecule has 0 aromatic rings. The van der Waals surface area contributed by atoms with Crippen molar-refractivity contribution in [1.29, 1.82) is 0 Å². The summed E-state index contributed by atoms with van der Waals surface area (Å²) in [4.78, 5) is 0. The van der Waals surface area contributed by atoms with Gasteiger partial charge in [0.15, 0.2) is 0 Å². The van der Waals surface area contributed by atoms with Crippen LogP contribution in [0.3, 0.4) is 0 Å². The van der Waals surface area contributed by atoms with Crippen molar-refractivity contribution in [1.82, 2.24) is 0 Å². The highest BCUT2D eigenvalue weighted by atomic mass is 16.0. The van der Waals surface area contributed by atoms with Gasteiger partial charge in [-0.1, -0.05) is 103 Å². The van der Waals surface area contributed by atoms with E-state index in [-0.39, 0.29) is 11.0 Å². The highest BCUT2D eigenvalue weighted by Crippen LogP contribution is 2.39. The Kier molecular flexibility index (Phi) is 22.5. The predicted octanol–water partition coefficient (Wildman–Crippen LogP) is 9.05. The van der Waals surface area contributed by atoms with Gasteiger partial charge in [-0.2, -0.15) is 0 Å². The van der Waals surface area contributed by atoms with Crippen LogP contribution in [0.4, 0.5) is 0 Å². The maximum atomic E-state index is 2.62. The molecule has 33 heavy (non-hydrogen) atoms. The molecule has 2 nitrogen and oxygen atoms in total. The zero-order valence-corrected chi connectivity index (χ0v) is 23.2. The summed E-state index contributed by atoms with van der Waals surface area (Å²) in [6.45, 7) is 13.4. The van der Waals surface area contributed by atoms with Crippen LogP contribution < -0.4 is 0 Å². The van der Waals surface area contributed by atoms with Crippen LogP contribution in [0.25, 0.3) is 0 Å². The zero-order valence-electron chi connectivity index (χ0n) is 23.2. The topological polar surface area (TPSA) is 63.0 Å². The second-order valence-corrected chi connectivity index (χ2v) is 10.2. The van der Waals surface area contributed by atoms with E-state index in [1.807, 2.05) is 13.8 Å². The fourth-order valence-corrected chi connectivity index (χ4v) is 5.13. The van der Waals surface area contributed by atoms with Crippen LogP contribution >= 0.6 is 0 Å². The third-order valence-electron chi connectivity index (χ3n) is 7.41. The van der Waals surface area contributed by atoms with E-state index in [0.29, 0.717) is 0 Å². The van der Waals surface area contributed by atoms with Crippen molar-refractivity contribution in [2.45, 2.75) is 131 Å². The normalized spacial score (nSPS) is 25.5. The largest absolute Gasteiger partial charge is 0.412 e. The smallest absolute Gasteiger partial charge is 0.0194 e. The highest BCUT2D eigenvalue weighted by molar-refractivity contribution is 5.22. The quantitative estimate of drug-likeness (QED) is 0.216. The minimum Gasteiger partial charge on any atom is -0.412 e. The van der Waals surface area contributed by atoms with Gasteiger partial charge in [0.2, 0.25) is 0 Å². The third kappa shape index (κ3) is 15.6. The molecule has 0 radical (unpaired) electrons. The summed E-state index contributed by atoms with van der Waals surface area (Å²) in [5.41, 5.74) is 1.74. The number of rotatable bonds is 11. The molecule has 4 N–H and O–H groups in total. The molecule has 1 fully saturated rings. The lowest BCUT2D eigenvalue weighted by Gasteiger charge is -2.24. The van der Waals surface area contributed by atoms with Gasteiger partial charge in [-0.15, -0.1) is 0 Å². The summed E-state index contributed by atoms with van der Waals surface area (Å²) in [7, 11) is 0. The molecule has 0 amide bonds. The molecule has 0 spiro atoms. The molecule has 0 saturated heterocycles. The van der Waals surface area contributed by atoms with E-state index in [9.17, 15) is 0 Å². The van der Waals surface area contributed by atoms with Gasteiger partial charge in [0.25, 0.3) is 0 Å². The first-order valence-corrected chi connectivity index (χ1v) is 14.2. The van der Waals surface area contributed by atoms with Crippen LogP contribution in [0.15, 0.2) is 36.0 Å². The number of hydrogen-bond acceptors (Lipinski definition) is 0. The van der Waals surface area contributed by atoms with E-state index < -0.39 is 0 Å². The second-order valence-electron chi connectivity index (χ2n) is 10.2. The number of allylic oxidation sites excluding steroid dienone is 6. The Morgan fingerprint density at radius 3 is 1.91 bits per heavy atom. The molecular formula is C31H60O2. The molecular weight excluding hydrogens is 404 g/mol. The van der Waals surface area contributed by atoms with Crippen molar-refractivity contribution < 1.29 is 11.0 Å². The molecule has 196 valence electrons. The maximum absolute atomic E-state index is 2.62. The van der Waals surface area contributed by atoms with Gasteiger partial charge in [0.05, 0.1) is 0 Å². The van der Waals surface area contributed by atoms with E-state index in [0.717, 1.165) is 29.6 Å². The zero-order chi connectivity index (χ0) is 22.9. The highest BCUT2D eigenvalue weighted by Gasteiger charge is 2.26. The van der Waals surface area contributed by atoms with Crippen LogP contribution in [-0.2, 0) is 0 Å². The average Bonchev–Trinajstić information content (AvgIpc) is 3.33. The SMILES string of the molecule is C1=CCCCC1.CC.CCCCCC(CCCC(C=C1CC1C)CC)C1C=CC(C)C1.O.O. The molecule has 1 saturated carbocycles. The molecule has 3 aliphatic carbocycles. The first kappa shape index (κ1) is 34.3. The van der Waals surface area contributed by atoms with Gasteiger partial charge in [0, 0.05) is 0 Å². The summed E-state index contributed by atoms with van der Waals surface area (Å²) in [6.07, 6.45) is 31.7. The second kappa shape index (κ2) is 21.7. The average molecular weight is 465 g/mol. The van der Waals surface area contributed by atoms with Crippen LogP contribution in [0.2, 0.25) is 0 Å². The monoisotopic (exact) mass is 464 g/mol. The minimum atomic E-state index is 0. The minimum absolute atomic E-state index is 0. The molecule has 0 aromatic heterocycles. The molecule has 5 unspecified atom stereocenters. The Morgan fingerprint density at radius 1 is 0.879 bits per heavy atom. The predicted molar refractivity (Wildman–Crippen MR) is 150 cm³/mol. The molecule has 0 bridgehead atoms. The van der Waals surface area contributed by atoms with Crippen molar-refractivity contribution in [3.8, 4) is 0 Å². The van der Waals surface area contributed by atoms with E-state index in [1.165, 1.54) is 89.9 Å². The van der Waals surface area contributed by atoms with Crippen molar-refractivity contribution in [2.75, 3.05) is 0 Å². The number of unbranched alkanes of at least 4 members (excludes halogenated alkanes) is 2. The van der Waals surface area contributed by atoms with E-state index in [2.05, 4.69) is 58.1 Å². The van der Waals surface area contributed by atoms with Gasteiger partial charge in [-0.05, 0) is 93.8 Å². The Hall–Kier alpha value is -0.860. The molecule has 5 atom stereocenters. The summed E-state index contributed by atoms with van der Waals surface area (Å²) >= 11 is 0. The Morgan fingerprint density at radius 2 is 1.48 bits per heavy atom. The molecule has 0 heterocycles. The van der Waals surface area contributed by atoms with Crippen LogP contribution in [0.5, 0.6) is 0 Å². The molecule has 2 heteroatoms. The Bertz CT molecular complexity index is 511. The summed E-state index contributed by atoms with van der Waals surface area (Å²) in [5.74, 6) is 4.40. The van der Waals surface area contributed by atoms with E-state index >= 15 is 0 Å². The lowest BCUT2D eigenvalue weighted by atomic mass is 9.81. The van der Waals surface area contributed by atoms with Gasteiger partial charge in [-0.25, -0.2) is 0 Å². The Labute approximate surface area is 208 Å². The van der Waals surface area contributed by atoms with Crippen LogP contribution in [-0.4, -0.2) is 11.0 Å². The summed E-state index contributed by atoms with van der Waals surface area (Å²) < 4.78 is 0. The first-order chi connectivity index (χ1) is 15.1. The molecule has 0 aliphatic heterocycles. The van der Waals surface area contributed by atoms with Gasteiger partial charge < -0.3 is 11.0 Å². The van der Waals surface area contributed by atoms with Gasteiger partial charge >= 0.3 is 0 Å². The van der Waals surface area contributed by atoms with Crippen molar-refractivity contribution in [2.24, 2.45) is 29.6 Å². The van der Waals surface area contributed by atoms with Crippen molar-refractivity contribution in [3.05, 3.63) is 36.0 Å². The summed E-state index contributed by atoms with van der Waals surface area (Å²) in [6, 6.07) is 0. The van der Waals surface area contributed by atoms with Crippen LogP contribution in [0.1, 0.15) is 131 Å².